The lowest BCUT2D eigenvalue weighted by molar-refractivity contribution is 0.0457. The van der Waals surface area contributed by atoms with E-state index < -0.39 is 8.56 Å². The molecule has 0 bridgehead atoms. The van der Waals surface area contributed by atoms with E-state index in [4.69, 9.17) is 8.85 Å². The highest BCUT2D eigenvalue weighted by Crippen LogP contribution is 2.34. The van der Waals surface area contributed by atoms with Crippen LogP contribution in [0.25, 0.3) is 0 Å². The highest BCUT2D eigenvalue weighted by atomic mass is 28.4. The summed E-state index contributed by atoms with van der Waals surface area (Å²) >= 11 is 0. The second kappa shape index (κ2) is 21.9. The quantitative estimate of drug-likeness (QED) is 0.110. The number of hydrogen-bond acceptors (Lipinski definition) is 5. The standard InChI is InChI=1S/C30H67N3O2Si/c1-10-20-31(21-11-2)27-30(28-32(22-12-3)23-13-4,29-33(24-14-5)25-15-6)19-26-36(18-9,34-16-7)35-17-8/h10-29H2,1-9H3. The molecule has 0 aliphatic rings. The molecule has 0 aliphatic carbocycles. The molecule has 0 aromatic rings. The first kappa shape index (κ1) is 36.0. The topological polar surface area (TPSA) is 28.2 Å². The van der Waals surface area contributed by atoms with Gasteiger partial charge in [0.25, 0.3) is 0 Å². The van der Waals surface area contributed by atoms with Crippen LogP contribution in [0, 0.1) is 5.41 Å². The zero-order valence-electron chi connectivity index (χ0n) is 26.3. The number of hydrogen-bond donors (Lipinski definition) is 0. The van der Waals surface area contributed by atoms with Crippen LogP contribution in [0.3, 0.4) is 0 Å². The molecule has 0 atom stereocenters. The lowest BCUT2D eigenvalue weighted by Gasteiger charge is -2.46. The van der Waals surface area contributed by atoms with Gasteiger partial charge in [-0.1, -0.05) is 48.5 Å². The Morgan fingerprint density at radius 3 is 1.03 bits per heavy atom. The maximum Gasteiger partial charge on any atom is 0.337 e. The van der Waals surface area contributed by atoms with Crippen molar-refractivity contribution in [3.63, 3.8) is 0 Å². The van der Waals surface area contributed by atoms with Crippen molar-refractivity contribution in [3.8, 4) is 0 Å². The molecule has 0 unspecified atom stereocenters. The third-order valence-corrected chi connectivity index (χ3v) is 11.0. The molecular weight excluding hydrogens is 462 g/mol. The van der Waals surface area contributed by atoms with Crippen molar-refractivity contribution < 1.29 is 8.85 Å². The molecule has 0 saturated carbocycles. The third-order valence-electron chi connectivity index (χ3n) is 7.31. The van der Waals surface area contributed by atoms with E-state index in [-0.39, 0.29) is 5.41 Å². The molecule has 0 aromatic heterocycles. The summed E-state index contributed by atoms with van der Waals surface area (Å²) in [6.45, 7) is 32.9. The highest BCUT2D eigenvalue weighted by Gasteiger charge is 2.42. The van der Waals surface area contributed by atoms with Crippen LogP contribution in [0.2, 0.25) is 12.1 Å². The zero-order valence-corrected chi connectivity index (χ0v) is 27.3. The van der Waals surface area contributed by atoms with Crippen molar-refractivity contribution in [2.75, 3.05) is 72.1 Å². The van der Waals surface area contributed by atoms with Crippen LogP contribution < -0.4 is 0 Å². The molecule has 0 heterocycles. The van der Waals surface area contributed by atoms with E-state index in [0.717, 1.165) is 25.3 Å². The van der Waals surface area contributed by atoms with Gasteiger partial charge in [-0.05, 0) is 110 Å². The summed E-state index contributed by atoms with van der Waals surface area (Å²) in [5.41, 5.74) is 0.223. The van der Waals surface area contributed by atoms with Gasteiger partial charge in [0.15, 0.2) is 0 Å². The second-order valence-corrected chi connectivity index (χ2v) is 14.6. The SMILES string of the molecule is CCCN(CCC)CC(CC[Si](CC)(OCC)OCC)(CN(CCC)CCC)CN(CCC)CCC. The van der Waals surface area contributed by atoms with E-state index in [1.165, 1.54) is 104 Å². The maximum atomic E-state index is 6.49. The third kappa shape index (κ3) is 14.2. The summed E-state index contributed by atoms with van der Waals surface area (Å²) in [7, 11) is -2.20. The smallest absolute Gasteiger partial charge is 0.337 e. The van der Waals surface area contributed by atoms with Crippen LogP contribution in [-0.4, -0.2) is 95.4 Å². The predicted octanol–water partition coefficient (Wildman–Crippen LogP) is 7.26. The van der Waals surface area contributed by atoms with Crippen LogP contribution in [0.4, 0.5) is 0 Å². The van der Waals surface area contributed by atoms with Gasteiger partial charge in [0.1, 0.15) is 0 Å². The van der Waals surface area contributed by atoms with Gasteiger partial charge < -0.3 is 23.6 Å². The Kier molecular flexibility index (Phi) is 21.9. The van der Waals surface area contributed by atoms with Crippen LogP contribution in [0.1, 0.15) is 107 Å². The first-order valence-corrected chi connectivity index (χ1v) is 18.0. The Bertz CT molecular complexity index is 425. The molecule has 0 aliphatic heterocycles. The van der Waals surface area contributed by atoms with Crippen LogP contribution in [0.15, 0.2) is 0 Å². The summed E-state index contributed by atoms with van der Waals surface area (Å²) in [6, 6.07) is 2.15. The van der Waals surface area contributed by atoms with Crippen molar-refractivity contribution >= 4 is 8.56 Å². The van der Waals surface area contributed by atoms with Gasteiger partial charge in [-0.3, -0.25) is 0 Å². The molecule has 0 fully saturated rings. The Morgan fingerprint density at radius 2 is 0.806 bits per heavy atom. The van der Waals surface area contributed by atoms with Gasteiger partial charge in [0, 0.05) is 38.3 Å². The van der Waals surface area contributed by atoms with Gasteiger partial charge in [0.05, 0.1) is 0 Å². The molecule has 6 heteroatoms. The fraction of sp³-hybridized carbons (Fsp3) is 1.00. The molecular formula is C30H67N3O2Si. The zero-order chi connectivity index (χ0) is 27.3. The monoisotopic (exact) mass is 530 g/mol. The van der Waals surface area contributed by atoms with Crippen molar-refractivity contribution in [2.24, 2.45) is 5.41 Å². The first-order chi connectivity index (χ1) is 17.4. The Labute approximate surface area is 228 Å². The first-order valence-electron chi connectivity index (χ1n) is 15.8. The fourth-order valence-electron chi connectivity index (χ4n) is 6.07. The normalized spacial score (nSPS) is 13.0. The maximum absolute atomic E-state index is 6.49. The minimum atomic E-state index is -2.20. The van der Waals surface area contributed by atoms with Crippen molar-refractivity contribution in [3.05, 3.63) is 0 Å². The number of nitrogens with zero attached hydrogens (tertiary/aromatic N) is 3. The molecule has 0 spiro atoms. The van der Waals surface area contributed by atoms with Crippen molar-refractivity contribution in [1.29, 1.82) is 0 Å². The Morgan fingerprint density at radius 1 is 0.500 bits per heavy atom. The van der Waals surface area contributed by atoms with Gasteiger partial charge in [0.2, 0.25) is 0 Å². The van der Waals surface area contributed by atoms with E-state index in [2.05, 4.69) is 77.0 Å². The molecule has 5 nitrogen and oxygen atoms in total. The van der Waals surface area contributed by atoms with E-state index in [9.17, 15) is 0 Å². The lowest BCUT2D eigenvalue weighted by Crippen LogP contribution is -2.54. The van der Waals surface area contributed by atoms with Gasteiger partial charge >= 0.3 is 8.56 Å². The summed E-state index contributed by atoms with van der Waals surface area (Å²) in [5, 5.41) is 0. The molecule has 0 radical (unpaired) electrons. The highest BCUT2D eigenvalue weighted by molar-refractivity contribution is 6.67. The number of rotatable bonds is 26. The van der Waals surface area contributed by atoms with Crippen LogP contribution >= 0.6 is 0 Å². The van der Waals surface area contributed by atoms with Gasteiger partial charge in [-0.15, -0.1) is 0 Å². The summed E-state index contributed by atoms with van der Waals surface area (Å²) in [6.07, 6.45) is 8.55. The Balaban J connectivity index is 6.46. The molecule has 36 heavy (non-hydrogen) atoms. The Hall–Kier alpha value is 0.0169. The van der Waals surface area contributed by atoms with Gasteiger partial charge in [-0.25, -0.2) is 0 Å². The van der Waals surface area contributed by atoms with Crippen LogP contribution in [0.5, 0.6) is 0 Å². The van der Waals surface area contributed by atoms with Crippen molar-refractivity contribution in [1.82, 2.24) is 14.7 Å². The second-order valence-electron chi connectivity index (χ2n) is 11.0. The van der Waals surface area contributed by atoms with Crippen LogP contribution in [-0.2, 0) is 8.85 Å². The molecule has 0 amide bonds. The average molecular weight is 530 g/mol. The summed E-state index contributed by atoms with van der Waals surface area (Å²) in [5.74, 6) is 0. The van der Waals surface area contributed by atoms with E-state index in [1.807, 2.05) is 0 Å². The summed E-state index contributed by atoms with van der Waals surface area (Å²) in [4.78, 5) is 8.34. The average Bonchev–Trinajstić information content (AvgIpc) is 2.84. The minimum Gasteiger partial charge on any atom is -0.394 e. The minimum absolute atomic E-state index is 0.223. The van der Waals surface area contributed by atoms with E-state index in [1.54, 1.807) is 0 Å². The predicted molar refractivity (Wildman–Crippen MR) is 162 cm³/mol. The lowest BCUT2D eigenvalue weighted by atomic mass is 9.82. The molecule has 0 aromatic carbocycles. The fourth-order valence-corrected chi connectivity index (χ4v) is 9.16. The van der Waals surface area contributed by atoms with E-state index in [0.29, 0.717) is 0 Å². The van der Waals surface area contributed by atoms with Crippen molar-refractivity contribution in [2.45, 2.75) is 119 Å². The molecule has 0 saturated heterocycles. The molecule has 0 rings (SSSR count). The van der Waals surface area contributed by atoms with Gasteiger partial charge in [-0.2, -0.15) is 0 Å². The molecule has 218 valence electrons. The molecule has 0 N–H and O–H groups in total. The van der Waals surface area contributed by atoms with E-state index >= 15 is 0 Å². The summed E-state index contributed by atoms with van der Waals surface area (Å²) < 4.78 is 13.0. The largest absolute Gasteiger partial charge is 0.394 e.